The van der Waals surface area contributed by atoms with Gasteiger partial charge in [0.15, 0.2) is 17.3 Å². The number of halogens is 1. The third-order valence-corrected chi connectivity index (χ3v) is 7.23. The Hall–Kier alpha value is -3.91. The van der Waals surface area contributed by atoms with Crippen LogP contribution >= 0.6 is 0 Å². The number of amides is 1. The Morgan fingerprint density at radius 2 is 2.03 bits per heavy atom. The number of pyridine rings is 1. The van der Waals surface area contributed by atoms with E-state index in [1.165, 1.54) is 6.20 Å². The van der Waals surface area contributed by atoms with E-state index in [-0.39, 0.29) is 22.4 Å². The van der Waals surface area contributed by atoms with Crippen LogP contribution in [0.1, 0.15) is 29.6 Å². The minimum atomic E-state index is -0.762. The molecular formula is C27H25FN4O3. The van der Waals surface area contributed by atoms with Crippen molar-refractivity contribution < 1.29 is 13.9 Å². The summed E-state index contributed by atoms with van der Waals surface area (Å²) in [6, 6.07) is 13.0. The number of fused-ring (bicyclic) bond motifs is 4. The first-order valence-corrected chi connectivity index (χ1v) is 11.8. The third-order valence-electron chi connectivity index (χ3n) is 7.23. The quantitative estimate of drug-likeness (QED) is 0.383. The number of likely N-dealkylation sites (tertiary alicyclic amines) is 1. The summed E-state index contributed by atoms with van der Waals surface area (Å²) < 4.78 is 22.7. The van der Waals surface area contributed by atoms with E-state index in [4.69, 9.17) is 10.5 Å². The normalized spacial score (nSPS) is 16.9. The van der Waals surface area contributed by atoms with E-state index in [0.717, 1.165) is 42.6 Å². The van der Waals surface area contributed by atoms with Crippen LogP contribution < -0.4 is 21.2 Å². The summed E-state index contributed by atoms with van der Waals surface area (Å²) in [7, 11) is 2.08. The summed E-state index contributed by atoms with van der Waals surface area (Å²) in [6.45, 7) is 1.51. The molecule has 0 saturated carbocycles. The molecule has 6 rings (SSSR count). The number of carbonyl (C=O) groups excluding carboxylic acids is 1. The lowest BCUT2D eigenvalue weighted by molar-refractivity contribution is 0.0949. The fourth-order valence-corrected chi connectivity index (χ4v) is 5.32. The van der Waals surface area contributed by atoms with Crippen LogP contribution in [0.15, 0.2) is 53.5 Å². The molecule has 3 N–H and O–H groups in total. The molecule has 3 aromatic carbocycles. The maximum Gasteiger partial charge on any atom is 0.256 e. The van der Waals surface area contributed by atoms with Gasteiger partial charge in [-0.25, -0.2) is 4.39 Å². The number of nitrogens with zero attached hydrogens (tertiary/aromatic N) is 2. The number of hydrogen-bond acceptors (Lipinski definition) is 5. The maximum absolute atomic E-state index is 14.8. The Bertz CT molecular complexity index is 1580. The molecule has 0 aliphatic carbocycles. The van der Waals surface area contributed by atoms with Crippen LogP contribution in [-0.2, 0) is 0 Å². The molecule has 0 spiro atoms. The van der Waals surface area contributed by atoms with Crippen molar-refractivity contribution in [3.05, 3.63) is 70.3 Å². The standard InChI is InChI=1S/C27H25FN4O3/c1-31-12-4-6-16(31)10-11-30-27(34)19-14-32-21-9-8-15-5-2-3-7-17(15)25(21)35-26-22(29)20(28)13-18(23(26)32)24(19)33/h2-3,5,7-9,13-14,16H,4,6,10-12,29H2,1H3,(H,30,34). The van der Waals surface area contributed by atoms with Gasteiger partial charge in [0.1, 0.15) is 16.8 Å². The first-order chi connectivity index (χ1) is 16.9. The average molecular weight is 473 g/mol. The maximum atomic E-state index is 14.8. The SMILES string of the molecule is CN1CCCC1CCNC(=O)c1cn2c3c(c(N)c(F)cc3c1=O)Oc1c-2ccc2ccccc12. The zero-order valence-corrected chi connectivity index (χ0v) is 19.3. The highest BCUT2D eigenvalue weighted by Crippen LogP contribution is 2.46. The average Bonchev–Trinajstić information content (AvgIpc) is 3.27. The van der Waals surface area contributed by atoms with Crippen LogP contribution in [0.2, 0.25) is 0 Å². The highest BCUT2D eigenvalue weighted by Gasteiger charge is 2.29. The van der Waals surface area contributed by atoms with Crippen molar-refractivity contribution in [2.45, 2.75) is 25.3 Å². The van der Waals surface area contributed by atoms with Gasteiger partial charge in [-0.2, -0.15) is 0 Å². The van der Waals surface area contributed by atoms with Gasteiger partial charge in [0.25, 0.3) is 5.91 Å². The zero-order valence-electron chi connectivity index (χ0n) is 19.3. The van der Waals surface area contributed by atoms with Crippen LogP contribution in [0, 0.1) is 5.82 Å². The molecule has 1 unspecified atom stereocenters. The number of carbonyl (C=O) groups is 1. The molecule has 1 saturated heterocycles. The fraction of sp³-hybridized carbons (Fsp3) is 0.259. The molecule has 1 atom stereocenters. The molecule has 178 valence electrons. The number of anilines is 1. The molecular weight excluding hydrogens is 447 g/mol. The van der Waals surface area contributed by atoms with Crippen molar-refractivity contribution in [2.24, 2.45) is 0 Å². The predicted molar refractivity (Wildman–Crippen MR) is 134 cm³/mol. The predicted octanol–water partition coefficient (Wildman–Crippen LogP) is 4.19. The van der Waals surface area contributed by atoms with Crippen molar-refractivity contribution in [3.8, 4) is 17.2 Å². The van der Waals surface area contributed by atoms with Gasteiger partial charge in [0.05, 0.1) is 11.1 Å². The topological polar surface area (TPSA) is 89.6 Å². The summed E-state index contributed by atoms with van der Waals surface area (Å²) >= 11 is 0. The Balaban J connectivity index is 1.48. The molecule has 0 bridgehead atoms. The van der Waals surface area contributed by atoms with Gasteiger partial charge >= 0.3 is 0 Å². The molecule has 1 amide bonds. The number of hydrogen-bond donors (Lipinski definition) is 2. The second-order valence-corrected chi connectivity index (χ2v) is 9.30. The van der Waals surface area contributed by atoms with Crippen molar-refractivity contribution in [2.75, 3.05) is 25.9 Å². The van der Waals surface area contributed by atoms with Crippen molar-refractivity contribution >= 4 is 33.3 Å². The molecule has 8 heteroatoms. The van der Waals surface area contributed by atoms with Crippen LogP contribution in [0.4, 0.5) is 10.1 Å². The summed E-state index contributed by atoms with van der Waals surface area (Å²) in [5.74, 6) is -0.666. The van der Waals surface area contributed by atoms with Gasteiger partial charge in [0, 0.05) is 24.2 Å². The molecule has 35 heavy (non-hydrogen) atoms. The smallest absolute Gasteiger partial charge is 0.256 e. The Labute approximate surface area is 200 Å². The second kappa shape index (κ2) is 8.09. The summed E-state index contributed by atoms with van der Waals surface area (Å²) in [4.78, 5) is 28.7. The monoisotopic (exact) mass is 472 g/mol. The molecule has 7 nitrogen and oxygen atoms in total. The van der Waals surface area contributed by atoms with E-state index >= 15 is 0 Å². The van der Waals surface area contributed by atoms with Crippen molar-refractivity contribution in [3.63, 3.8) is 0 Å². The number of nitrogens with two attached hydrogens (primary N) is 1. The number of rotatable bonds is 4. The lowest BCUT2D eigenvalue weighted by Gasteiger charge is -2.26. The van der Waals surface area contributed by atoms with Gasteiger partial charge < -0.3 is 25.3 Å². The van der Waals surface area contributed by atoms with E-state index in [0.29, 0.717) is 29.5 Å². The molecule has 2 aliphatic heterocycles. The molecule has 1 aromatic heterocycles. The largest absolute Gasteiger partial charge is 0.450 e. The van der Waals surface area contributed by atoms with E-state index in [1.807, 2.05) is 36.4 Å². The molecule has 3 heterocycles. The van der Waals surface area contributed by atoms with Crippen LogP contribution in [0.5, 0.6) is 11.5 Å². The Kier molecular flexibility index (Phi) is 5.00. The number of nitrogen functional groups attached to an aromatic ring is 1. The molecule has 2 aliphatic rings. The third kappa shape index (κ3) is 3.36. The van der Waals surface area contributed by atoms with Gasteiger partial charge in [-0.1, -0.05) is 30.3 Å². The van der Waals surface area contributed by atoms with Crippen LogP contribution in [-0.4, -0.2) is 41.6 Å². The number of nitrogens with one attached hydrogen (secondary N) is 1. The first kappa shape index (κ1) is 21.6. The zero-order chi connectivity index (χ0) is 24.3. The lowest BCUT2D eigenvalue weighted by atomic mass is 10.0. The molecule has 4 aromatic rings. The first-order valence-electron chi connectivity index (χ1n) is 11.8. The summed E-state index contributed by atoms with van der Waals surface area (Å²) in [6.07, 6.45) is 4.57. The van der Waals surface area contributed by atoms with E-state index < -0.39 is 17.2 Å². The van der Waals surface area contributed by atoms with Crippen molar-refractivity contribution in [1.82, 2.24) is 14.8 Å². The van der Waals surface area contributed by atoms with Gasteiger partial charge in [-0.05, 0) is 50.4 Å². The van der Waals surface area contributed by atoms with Gasteiger partial charge in [0.2, 0.25) is 5.43 Å². The van der Waals surface area contributed by atoms with E-state index in [2.05, 4.69) is 17.3 Å². The number of ether oxygens (including phenoxy) is 1. The van der Waals surface area contributed by atoms with Crippen LogP contribution in [0.3, 0.4) is 0 Å². The van der Waals surface area contributed by atoms with Crippen molar-refractivity contribution in [1.29, 1.82) is 0 Å². The number of benzene rings is 3. The molecule has 1 fully saturated rings. The van der Waals surface area contributed by atoms with E-state index in [1.54, 1.807) is 4.57 Å². The minimum absolute atomic E-state index is 0.0478. The van der Waals surface area contributed by atoms with E-state index in [9.17, 15) is 14.0 Å². The fourth-order valence-electron chi connectivity index (χ4n) is 5.32. The van der Waals surface area contributed by atoms with Gasteiger partial charge in [-0.15, -0.1) is 0 Å². The summed E-state index contributed by atoms with van der Waals surface area (Å²) in [5, 5.41) is 4.70. The highest BCUT2D eigenvalue weighted by atomic mass is 19.1. The Morgan fingerprint density at radius 1 is 1.20 bits per heavy atom. The van der Waals surface area contributed by atoms with Gasteiger partial charge in [-0.3, -0.25) is 9.59 Å². The minimum Gasteiger partial charge on any atom is -0.450 e. The summed E-state index contributed by atoms with van der Waals surface area (Å²) in [5.41, 5.74) is 6.26. The molecule has 0 radical (unpaired) electrons. The number of aromatic nitrogens is 1. The lowest BCUT2D eigenvalue weighted by Crippen LogP contribution is -2.34. The Morgan fingerprint density at radius 3 is 2.83 bits per heavy atom. The second-order valence-electron chi connectivity index (χ2n) is 9.30. The van der Waals surface area contributed by atoms with Crippen LogP contribution in [0.25, 0.3) is 27.4 Å². The highest BCUT2D eigenvalue weighted by molar-refractivity contribution is 6.02.